The van der Waals surface area contributed by atoms with E-state index in [0.29, 0.717) is 47.2 Å². The van der Waals surface area contributed by atoms with E-state index >= 15 is 0 Å². The summed E-state index contributed by atoms with van der Waals surface area (Å²) < 4.78 is 20.1. The van der Waals surface area contributed by atoms with Crippen molar-refractivity contribution in [3.8, 4) is 17.0 Å². The predicted octanol–water partition coefficient (Wildman–Crippen LogP) is 2.35. The molecule has 0 radical (unpaired) electrons. The summed E-state index contributed by atoms with van der Waals surface area (Å²) in [6.45, 7) is 0.762. The minimum atomic E-state index is -0.471. The average Bonchev–Trinajstić information content (AvgIpc) is 3.38. The van der Waals surface area contributed by atoms with Crippen molar-refractivity contribution in [1.82, 2.24) is 9.97 Å². The number of methoxy groups -OCH3 is 1. The predicted molar refractivity (Wildman–Crippen MR) is 122 cm³/mol. The van der Waals surface area contributed by atoms with Crippen molar-refractivity contribution in [1.29, 1.82) is 0 Å². The highest BCUT2D eigenvalue weighted by molar-refractivity contribution is 6.10. The maximum atomic E-state index is 14.8. The standard InChI is InChI=1S/C24H24FN5O3/c1-33-19-5-2-4-18(25)22(19)23-17-12-30(24(32)16(17)8-9-27-23)21-7-3-6-20(28-21)29-11-14(26)10-15(29)13-31/h2-9,14-15,31H,10-13,26H2,1H3/t14-,15-/m0/s1. The summed E-state index contributed by atoms with van der Waals surface area (Å²) in [6, 6.07) is 11.5. The van der Waals surface area contributed by atoms with Crippen LogP contribution in [-0.2, 0) is 6.54 Å². The zero-order valence-corrected chi connectivity index (χ0v) is 18.1. The van der Waals surface area contributed by atoms with Crippen LogP contribution in [0.5, 0.6) is 5.75 Å². The van der Waals surface area contributed by atoms with Gasteiger partial charge in [0.15, 0.2) is 0 Å². The molecule has 1 amide bonds. The number of halogens is 1. The number of amides is 1. The number of aliphatic hydroxyl groups excluding tert-OH is 1. The van der Waals surface area contributed by atoms with Crippen LogP contribution in [0.1, 0.15) is 22.3 Å². The number of aromatic nitrogens is 2. The van der Waals surface area contributed by atoms with Gasteiger partial charge in [0.1, 0.15) is 23.2 Å². The second kappa shape index (κ2) is 8.42. The molecule has 1 saturated heterocycles. The van der Waals surface area contributed by atoms with E-state index in [9.17, 15) is 14.3 Å². The molecule has 1 aromatic carbocycles. The van der Waals surface area contributed by atoms with Gasteiger partial charge in [0.25, 0.3) is 5.91 Å². The van der Waals surface area contributed by atoms with Crippen molar-refractivity contribution >= 4 is 17.5 Å². The largest absolute Gasteiger partial charge is 0.496 e. The van der Waals surface area contributed by atoms with Crippen LogP contribution in [0.25, 0.3) is 11.3 Å². The number of nitrogens with zero attached hydrogens (tertiary/aromatic N) is 4. The highest BCUT2D eigenvalue weighted by Gasteiger charge is 2.35. The Morgan fingerprint density at radius 3 is 2.79 bits per heavy atom. The third-order valence-corrected chi connectivity index (χ3v) is 6.23. The molecule has 9 heteroatoms. The molecule has 2 atom stereocenters. The molecule has 4 heterocycles. The van der Waals surface area contributed by atoms with Gasteiger partial charge in [-0.1, -0.05) is 12.1 Å². The fourth-order valence-corrected chi connectivity index (χ4v) is 4.66. The molecule has 0 unspecified atom stereocenters. The lowest BCUT2D eigenvalue weighted by Gasteiger charge is -2.25. The van der Waals surface area contributed by atoms with Crippen molar-refractivity contribution in [2.24, 2.45) is 5.73 Å². The van der Waals surface area contributed by atoms with Crippen LogP contribution in [0.3, 0.4) is 0 Å². The monoisotopic (exact) mass is 449 g/mol. The Morgan fingerprint density at radius 2 is 2.00 bits per heavy atom. The first kappa shape index (κ1) is 21.3. The van der Waals surface area contributed by atoms with E-state index in [-0.39, 0.29) is 36.7 Å². The number of benzene rings is 1. The minimum absolute atomic E-state index is 0.0206. The molecule has 3 aromatic rings. The summed E-state index contributed by atoms with van der Waals surface area (Å²) in [6.07, 6.45) is 2.18. The van der Waals surface area contributed by atoms with Crippen LogP contribution in [0, 0.1) is 5.82 Å². The van der Waals surface area contributed by atoms with E-state index in [2.05, 4.69) is 4.98 Å². The Hall–Kier alpha value is -3.56. The van der Waals surface area contributed by atoms with E-state index in [1.165, 1.54) is 19.4 Å². The van der Waals surface area contributed by atoms with Gasteiger partial charge in [-0.25, -0.2) is 9.37 Å². The van der Waals surface area contributed by atoms with Crippen LogP contribution >= 0.6 is 0 Å². The summed E-state index contributed by atoms with van der Waals surface area (Å²) in [5.74, 6) is 0.768. The Balaban J connectivity index is 1.52. The Kier molecular flexibility index (Phi) is 5.43. The molecule has 2 aromatic heterocycles. The maximum Gasteiger partial charge on any atom is 0.260 e. The summed E-state index contributed by atoms with van der Waals surface area (Å²) in [7, 11) is 1.47. The number of aliphatic hydroxyl groups is 1. The maximum absolute atomic E-state index is 14.8. The van der Waals surface area contributed by atoms with Crippen LogP contribution in [0.4, 0.5) is 16.0 Å². The van der Waals surface area contributed by atoms with Crippen LogP contribution in [0.15, 0.2) is 48.7 Å². The summed E-state index contributed by atoms with van der Waals surface area (Å²) in [4.78, 5) is 25.9. The molecular weight excluding hydrogens is 425 g/mol. The first-order valence-electron chi connectivity index (χ1n) is 10.7. The molecule has 0 spiro atoms. The highest BCUT2D eigenvalue weighted by Crippen LogP contribution is 2.38. The van der Waals surface area contributed by atoms with E-state index in [4.69, 9.17) is 15.5 Å². The van der Waals surface area contributed by atoms with Crippen molar-refractivity contribution in [3.63, 3.8) is 0 Å². The Bertz CT molecular complexity index is 1220. The minimum Gasteiger partial charge on any atom is -0.496 e. The summed E-state index contributed by atoms with van der Waals surface area (Å²) in [5, 5.41) is 9.72. The molecule has 0 saturated carbocycles. The number of hydrogen-bond acceptors (Lipinski definition) is 7. The number of nitrogens with two attached hydrogens (primary N) is 1. The Morgan fingerprint density at radius 1 is 1.21 bits per heavy atom. The number of ether oxygens (including phenoxy) is 1. The van der Waals surface area contributed by atoms with Gasteiger partial charge in [0.05, 0.1) is 37.6 Å². The fraction of sp³-hybridized carbons (Fsp3) is 0.292. The van der Waals surface area contributed by atoms with E-state index in [1.54, 1.807) is 29.2 Å². The zero-order valence-electron chi connectivity index (χ0n) is 18.1. The van der Waals surface area contributed by atoms with Gasteiger partial charge in [0.2, 0.25) is 0 Å². The second-order valence-electron chi connectivity index (χ2n) is 8.23. The van der Waals surface area contributed by atoms with Crippen LogP contribution in [-0.4, -0.2) is 53.3 Å². The molecule has 5 rings (SSSR count). The third kappa shape index (κ3) is 3.59. The molecule has 2 aliphatic rings. The van der Waals surface area contributed by atoms with Gasteiger partial charge in [-0.05, 0) is 36.8 Å². The van der Waals surface area contributed by atoms with Gasteiger partial charge < -0.3 is 20.5 Å². The number of fused-ring (bicyclic) bond motifs is 1. The number of carbonyl (C=O) groups is 1. The lowest BCUT2D eigenvalue weighted by molar-refractivity contribution is 0.0996. The molecule has 33 heavy (non-hydrogen) atoms. The molecule has 8 nitrogen and oxygen atoms in total. The van der Waals surface area contributed by atoms with Gasteiger partial charge in [-0.15, -0.1) is 0 Å². The number of rotatable bonds is 5. The smallest absolute Gasteiger partial charge is 0.260 e. The molecule has 2 aliphatic heterocycles. The second-order valence-corrected chi connectivity index (χ2v) is 8.23. The van der Waals surface area contributed by atoms with Crippen molar-refractivity contribution in [2.75, 3.05) is 30.1 Å². The van der Waals surface area contributed by atoms with E-state index < -0.39 is 5.82 Å². The number of anilines is 2. The topological polar surface area (TPSA) is 105 Å². The molecule has 0 aliphatic carbocycles. The third-order valence-electron chi connectivity index (χ3n) is 6.23. The molecular formula is C24H24FN5O3. The zero-order chi connectivity index (χ0) is 23.1. The normalized spacial score (nSPS) is 19.8. The SMILES string of the molecule is COc1cccc(F)c1-c1nccc2c1CN(c1cccc(N3C[C@@H](N)C[C@H]3CO)n1)C2=O. The summed E-state index contributed by atoms with van der Waals surface area (Å²) in [5.41, 5.74) is 7.76. The van der Waals surface area contributed by atoms with Crippen molar-refractivity contribution in [3.05, 3.63) is 65.6 Å². The molecule has 170 valence electrons. The van der Waals surface area contributed by atoms with Crippen LogP contribution in [0.2, 0.25) is 0 Å². The van der Waals surface area contributed by atoms with Crippen molar-refractivity contribution < 1.29 is 19.0 Å². The van der Waals surface area contributed by atoms with Crippen LogP contribution < -0.4 is 20.3 Å². The van der Waals surface area contributed by atoms with Gasteiger partial charge in [-0.2, -0.15) is 0 Å². The van der Waals surface area contributed by atoms with Crippen molar-refractivity contribution in [2.45, 2.75) is 25.0 Å². The first-order chi connectivity index (χ1) is 16.0. The summed E-state index contributed by atoms with van der Waals surface area (Å²) >= 11 is 0. The molecule has 3 N–H and O–H groups in total. The quantitative estimate of drug-likeness (QED) is 0.616. The number of carbonyl (C=O) groups excluding carboxylic acids is 1. The Labute approximate surface area is 190 Å². The molecule has 1 fully saturated rings. The highest BCUT2D eigenvalue weighted by atomic mass is 19.1. The first-order valence-corrected chi connectivity index (χ1v) is 10.7. The van der Waals surface area contributed by atoms with E-state index in [0.717, 1.165) is 0 Å². The van der Waals surface area contributed by atoms with Gasteiger partial charge in [0, 0.05) is 29.9 Å². The lowest BCUT2D eigenvalue weighted by atomic mass is 10.0. The molecule has 0 bridgehead atoms. The fourth-order valence-electron chi connectivity index (χ4n) is 4.66. The number of hydrogen-bond donors (Lipinski definition) is 2. The van der Waals surface area contributed by atoms with Gasteiger partial charge >= 0.3 is 0 Å². The number of pyridine rings is 2. The average molecular weight is 449 g/mol. The van der Waals surface area contributed by atoms with E-state index in [1.807, 2.05) is 17.0 Å². The van der Waals surface area contributed by atoms with Gasteiger partial charge in [-0.3, -0.25) is 14.7 Å². The lowest BCUT2D eigenvalue weighted by Crippen LogP contribution is -2.34.